The second kappa shape index (κ2) is 8.94. The van der Waals surface area contributed by atoms with Crippen molar-refractivity contribution < 1.29 is 28.0 Å². The Morgan fingerprint density at radius 3 is 2.47 bits per heavy atom. The quantitative estimate of drug-likeness (QED) is 0.278. The Balaban J connectivity index is 1.94. The number of anilines is 2. The van der Waals surface area contributed by atoms with E-state index >= 15 is 0 Å². The average Bonchev–Trinajstić information content (AvgIpc) is 2.74. The van der Waals surface area contributed by atoms with Crippen LogP contribution in [0.15, 0.2) is 65.6 Å². The first kappa shape index (κ1) is 22.6. The van der Waals surface area contributed by atoms with Gasteiger partial charge >= 0.3 is 0 Å². The van der Waals surface area contributed by atoms with E-state index in [0.717, 1.165) is 18.2 Å². The fourth-order valence-electron chi connectivity index (χ4n) is 2.99. The number of carbonyl (C=O) groups excluding carboxylic acids is 1. The highest BCUT2D eigenvalue weighted by atomic mass is 32.2. The number of ether oxygens (including phenoxy) is 1. The van der Waals surface area contributed by atoms with Gasteiger partial charge in [0.2, 0.25) is 0 Å². The largest absolute Gasteiger partial charge is 0.506 e. The van der Waals surface area contributed by atoms with Gasteiger partial charge in [-0.05, 0) is 43.3 Å². The molecule has 0 aliphatic heterocycles. The van der Waals surface area contributed by atoms with Gasteiger partial charge in [-0.1, -0.05) is 24.3 Å². The van der Waals surface area contributed by atoms with Crippen LogP contribution >= 0.6 is 0 Å². The number of nitro benzene ring substituents is 1. The molecule has 0 aliphatic carbocycles. The zero-order valence-electron chi connectivity index (χ0n) is 17.0. The minimum absolute atomic E-state index is 0.198. The topological polar surface area (TPSA) is 148 Å². The standard InChI is InChI=1S/C21H19N3O7S/c1-13-6-5-7-15(20(13)24(27)28)21(26)22-17-12-14(10-11-18(17)25)32(29,30)23-16-8-3-4-9-19(16)31-2/h3-12,23,25H,1-2H3,(H,22,26). The zero-order valence-corrected chi connectivity index (χ0v) is 17.8. The third-order valence-corrected chi connectivity index (χ3v) is 5.91. The van der Waals surface area contributed by atoms with E-state index in [-0.39, 0.29) is 33.1 Å². The molecule has 3 aromatic rings. The molecule has 32 heavy (non-hydrogen) atoms. The smallest absolute Gasteiger partial charge is 0.285 e. The number of phenolic OH excluding ortho intramolecular Hbond substituents is 1. The molecule has 0 radical (unpaired) electrons. The highest BCUT2D eigenvalue weighted by molar-refractivity contribution is 7.92. The minimum atomic E-state index is -4.11. The Bertz CT molecular complexity index is 1310. The van der Waals surface area contributed by atoms with Crippen molar-refractivity contribution in [3.05, 3.63) is 81.9 Å². The van der Waals surface area contributed by atoms with Gasteiger partial charge in [-0.3, -0.25) is 19.6 Å². The van der Waals surface area contributed by atoms with Crippen LogP contribution in [0.2, 0.25) is 0 Å². The number of phenols is 1. The lowest BCUT2D eigenvalue weighted by Crippen LogP contribution is -2.16. The van der Waals surface area contributed by atoms with E-state index in [2.05, 4.69) is 10.0 Å². The number of methoxy groups -OCH3 is 1. The maximum atomic E-state index is 12.8. The van der Waals surface area contributed by atoms with Gasteiger partial charge in [0.1, 0.15) is 17.1 Å². The predicted molar refractivity (Wildman–Crippen MR) is 118 cm³/mol. The summed E-state index contributed by atoms with van der Waals surface area (Å²) in [5, 5.41) is 23.8. The van der Waals surface area contributed by atoms with Crippen molar-refractivity contribution in [1.29, 1.82) is 0 Å². The lowest BCUT2D eigenvalue weighted by Gasteiger charge is -2.13. The molecule has 1 amide bonds. The van der Waals surface area contributed by atoms with E-state index in [0.29, 0.717) is 5.75 Å². The summed E-state index contributed by atoms with van der Waals surface area (Å²) in [7, 11) is -2.72. The van der Waals surface area contributed by atoms with Crippen molar-refractivity contribution in [2.24, 2.45) is 0 Å². The third-order valence-electron chi connectivity index (χ3n) is 4.54. The van der Waals surface area contributed by atoms with Crippen molar-refractivity contribution in [3.8, 4) is 11.5 Å². The molecule has 0 spiro atoms. The van der Waals surface area contributed by atoms with Crippen LogP contribution < -0.4 is 14.8 Å². The van der Waals surface area contributed by atoms with Crippen molar-refractivity contribution in [2.75, 3.05) is 17.1 Å². The molecule has 10 nitrogen and oxygen atoms in total. The molecular formula is C21H19N3O7S. The fourth-order valence-corrected chi connectivity index (χ4v) is 4.09. The number of carbonyl (C=O) groups is 1. The molecule has 3 N–H and O–H groups in total. The van der Waals surface area contributed by atoms with Crippen LogP contribution in [0.5, 0.6) is 11.5 Å². The number of nitro groups is 1. The molecule has 0 bridgehead atoms. The summed E-state index contributed by atoms with van der Waals surface area (Å²) < 4.78 is 33.2. The number of para-hydroxylation sites is 3. The number of hydrogen-bond donors (Lipinski definition) is 3. The highest BCUT2D eigenvalue weighted by Crippen LogP contribution is 2.31. The molecule has 11 heteroatoms. The molecule has 166 valence electrons. The van der Waals surface area contributed by atoms with E-state index in [9.17, 15) is 28.4 Å². The van der Waals surface area contributed by atoms with Gasteiger partial charge in [-0.25, -0.2) is 8.42 Å². The van der Waals surface area contributed by atoms with Crippen LogP contribution in [-0.2, 0) is 10.0 Å². The lowest BCUT2D eigenvalue weighted by atomic mass is 10.1. The Morgan fingerprint density at radius 2 is 1.78 bits per heavy atom. The van der Waals surface area contributed by atoms with Gasteiger partial charge in [0.25, 0.3) is 21.6 Å². The number of sulfonamides is 1. The van der Waals surface area contributed by atoms with Crippen LogP contribution in [0.4, 0.5) is 17.1 Å². The van der Waals surface area contributed by atoms with Gasteiger partial charge < -0.3 is 15.2 Å². The van der Waals surface area contributed by atoms with Crippen LogP contribution in [-0.4, -0.2) is 31.5 Å². The normalized spacial score (nSPS) is 10.9. The number of aromatic hydroxyl groups is 1. The lowest BCUT2D eigenvalue weighted by molar-refractivity contribution is -0.385. The Morgan fingerprint density at radius 1 is 1.06 bits per heavy atom. The number of rotatable bonds is 7. The van der Waals surface area contributed by atoms with Crippen LogP contribution in [0.1, 0.15) is 15.9 Å². The average molecular weight is 457 g/mol. The summed E-state index contributed by atoms with van der Waals surface area (Å²) >= 11 is 0. The summed E-state index contributed by atoms with van der Waals surface area (Å²) in [6.45, 7) is 1.49. The summed E-state index contributed by atoms with van der Waals surface area (Å²) in [4.78, 5) is 23.1. The number of nitrogens with zero attached hydrogens (tertiary/aromatic N) is 1. The van der Waals surface area contributed by atoms with Crippen molar-refractivity contribution >= 4 is 33.0 Å². The fraction of sp³-hybridized carbons (Fsp3) is 0.0952. The summed E-state index contributed by atoms with van der Waals surface area (Å²) in [5.41, 5.74) is -0.358. The van der Waals surface area contributed by atoms with E-state index in [1.54, 1.807) is 18.2 Å². The Kier molecular flexibility index (Phi) is 6.30. The van der Waals surface area contributed by atoms with E-state index in [4.69, 9.17) is 4.74 Å². The second-order valence-corrected chi connectivity index (χ2v) is 8.35. The Labute approximate surface area is 183 Å². The summed E-state index contributed by atoms with van der Waals surface area (Å²) in [5.74, 6) is -0.983. The molecule has 0 unspecified atom stereocenters. The maximum absolute atomic E-state index is 12.8. The molecule has 0 aromatic heterocycles. The van der Waals surface area contributed by atoms with Crippen molar-refractivity contribution in [3.63, 3.8) is 0 Å². The molecule has 0 fully saturated rings. The number of nitrogens with one attached hydrogen (secondary N) is 2. The second-order valence-electron chi connectivity index (χ2n) is 6.67. The van der Waals surface area contributed by atoms with Crippen LogP contribution in [0.3, 0.4) is 0 Å². The number of aryl methyl sites for hydroxylation is 1. The van der Waals surface area contributed by atoms with E-state index in [1.807, 2.05) is 0 Å². The van der Waals surface area contributed by atoms with Gasteiger partial charge in [-0.15, -0.1) is 0 Å². The van der Waals surface area contributed by atoms with Crippen LogP contribution in [0, 0.1) is 17.0 Å². The van der Waals surface area contributed by atoms with Gasteiger partial charge in [0, 0.05) is 5.56 Å². The SMILES string of the molecule is COc1ccccc1NS(=O)(=O)c1ccc(O)c(NC(=O)c2cccc(C)c2[N+](=O)[O-])c1. The zero-order chi connectivity index (χ0) is 23.5. The molecule has 0 atom stereocenters. The number of hydrogen-bond acceptors (Lipinski definition) is 7. The van der Waals surface area contributed by atoms with Crippen molar-refractivity contribution in [1.82, 2.24) is 0 Å². The van der Waals surface area contributed by atoms with Crippen LogP contribution in [0.25, 0.3) is 0 Å². The molecule has 0 heterocycles. The molecule has 0 aliphatic rings. The Hall–Kier alpha value is -4.12. The van der Waals surface area contributed by atoms with Gasteiger partial charge in [-0.2, -0.15) is 0 Å². The van der Waals surface area contributed by atoms with E-state index in [1.165, 1.54) is 38.3 Å². The monoisotopic (exact) mass is 457 g/mol. The van der Waals surface area contributed by atoms with Gasteiger partial charge in [0.15, 0.2) is 0 Å². The third kappa shape index (κ3) is 4.62. The number of benzene rings is 3. The van der Waals surface area contributed by atoms with Gasteiger partial charge in [0.05, 0.1) is 28.3 Å². The molecule has 3 rings (SSSR count). The molecule has 0 saturated carbocycles. The minimum Gasteiger partial charge on any atom is -0.506 e. The first-order valence-corrected chi connectivity index (χ1v) is 10.7. The predicted octanol–water partition coefficient (Wildman–Crippen LogP) is 3.67. The highest BCUT2D eigenvalue weighted by Gasteiger charge is 2.24. The molecule has 3 aromatic carbocycles. The maximum Gasteiger partial charge on any atom is 0.285 e. The van der Waals surface area contributed by atoms with E-state index < -0.39 is 26.6 Å². The molecule has 0 saturated heterocycles. The summed E-state index contributed by atoms with van der Waals surface area (Å²) in [6, 6.07) is 13.9. The number of amides is 1. The first-order valence-electron chi connectivity index (χ1n) is 9.18. The molecular weight excluding hydrogens is 438 g/mol. The first-order chi connectivity index (χ1) is 15.1. The summed E-state index contributed by atoms with van der Waals surface area (Å²) in [6.07, 6.45) is 0. The van der Waals surface area contributed by atoms with Crippen molar-refractivity contribution in [2.45, 2.75) is 11.8 Å².